The van der Waals surface area contributed by atoms with Gasteiger partial charge in [-0.1, -0.05) is 18.2 Å². The van der Waals surface area contributed by atoms with Crippen LogP contribution in [0.15, 0.2) is 42.5 Å². The van der Waals surface area contributed by atoms with Crippen molar-refractivity contribution in [1.82, 2.24) is 15.5 Å². The Labute approximate surface area is 178 Å². The normalized spacial score (nSPS) is 18.2. The maximum atomic E-state index is 12.8. The topological polar surface area (TPSA) is 117 Å². The third kappa shape index (κ3) is 4.41. The monoisotopic (exact) mass is 422 g/mol. The maximum Gasteiger partial charge on any atom is 0.326 e. The summed E-state index contributed by atoms with van der Waals surface area (Å²) in [5, 5.41) is 7.33. The number of anilines is 1. The van der Waals surface area contributed by atoms with E-state index in [2.05, 4.69) is 16.0 Å². The standard InChI is InChI=1S/C22H22N4O5/c1-31-15-6-3-5-14(10-15)23-22(30)25-20(28)16-7-2-4-13-11-26(12-17(13)16)18-8-9-19(27)24-21(18)29/h2-7,10,18H,8-9,11-12H2,1H3,(H,24,27,29)(H2,23,25,28,30). The molecule has 0 saturated carbocycles. The second kappa shape index (κ2) is 8.57. The molecule has 0 spiro atoms. The van der Waals surface area contributed by atoms with Gasteiger partial charge in [0.05, 0.1) is 13.2 Å². The third-order valence-electron chi connectivity index (χ3n) is 5.46. The molecule has 9 heteroatoms. The third-order valence-corrected chi connectivity index (χ3v) is 5.46. The molecule has 160 valence electrons. The Morgan fingerprint density at radius 3 is 2.71 bits per heavy atom. The van der Waals surface area contributed by atoms with E-state index >= 15 is 0 Å². The van der Waals surface area contributed by atoms with Crippen LogP contribution in [0, 0.1) is 0 Å². The van der Waals surface area contributed by atoms with Crippen LogP contribution in [-0.2, 0) is 22.7 Å². The molecule has 4 rings (SSSR count). The smallest absolute Gasteiger partial charge is 0.326 e. The Balaban J connectivity index is 1.44. The lowest BCUT2D eigenvalue weighted by Gasteiger charge is -2.29. The van der Waals surface area contributed by atoms with Crippen LogP contribution < -0.4 is 20.7 Å². The molecular weight excluding hydrogens is 400 g/mol. The minimum atomic E-state index is -0.657. The van der Waals surface area contributed by atoms with Crippen molar-refractivity contribution in [3.05, 3.63) is 59.2 Å². The number of methoxy groups -OCH3 is 1. The molecule has 1 fully saturated rings. The van der Waals surface area contributed by atoms with Crippen LogP contribution in [0.4, 0.5) is 10.5 Å². The average Bonchev–Trinajstić information content (AvgIpc) is 3.17. The van der Waals surface area contributed by atoms with Gasteiger partial charge in [0.2, 0.25) is 11.8 Å². The van der Waals surface area contributed by atoms with Crippen molar-refractivity contribution in [1.29, 1.82) is 0 Å². The number of urea groups is 1. The van der Waals surface area contributed by atoms with Crippen molar-refractivity contribution < 1.29 is 23.9 Å². The minimum absolute atomic E-state index is 0.264. The summed E-state index contributed by atoms with van der Waals surface area (Å²) >= 11 is 0. The van der Waals surface area contributed by atoms with E-state index in [1.165, 1.54) is 7.11 Å². The van der Waals surface area contributed by atoms with Gasteiger partial charge in [-0.15, -0.1) is 0 Å². The number of ether oxygens (including phenoxy) is 1. The summed E-state index contributed by atoms with van der Waals surface area (Å²) < 4.78 is 5.12. The van der Waals surface area contributed by atoms with Crippen molar-refractivity contribution in [2.45, 2.75) is 32.0 Å². The number of carbonyl (C=O) groups excluding carboxylic acids is 4. The first-order valence-electron chi connectivity index (χ1n) is 9.89. The number of rotatable bonds is 4. The molecule has 2 heterocycles. The van der Waals surface area contributed by atoms with Crippen molar-refractivity contribution in [2.24, 2.45) is 0 Å². The van der Waals surface area contributed by atoms with Crippen LogP contribution in [0.2, 0.25) is 0 Å². The molecule has 0 aliphatic carbocycles. The summed E-state index contributed by atoms with van der Waals surface area (Å²) in [4.78, 5) is 50.7. The molecule has 31 heavy (non-hydrogen) atoms. The van der Waals surface area contributed by atoms with Gasteiger partial charge in [-0.05, 0) is 35.7 Å². The van der Waals surface area contributed by atoms with Gasteiger partial charge in [0.1, 0.15) is 5.75 Å². The Morgan fingerprint density at radius 1 is 1.13 bits per heavy atom. The fraction of sp³-hybridized carbons (Fsp3) is 0.273. The summed E-state index contributed by atoms with van der Waals surface area (Å²) in [6, 6.07) is 11.0. The summed E-state index contributed by atoms with van der Waals surface area (Å²) in [6.45, 7) is 0.890. The predicted octanol–water partition coefficient (Wildman–Crippen LogP) is 1.78. The van der Waals surface area contributed by atoms with Gasteiger partial charge in [0.15, 0.2) is 0 Å². The van der Waals surface area contributed by atoms with Gasteiger partial charge >= 0.3 is 6.03 Å². The maximum absolute atomic E-state index is 12.8. The van der Waals surface area contributed by atoms with Crippen molar-refractivity contribution >= 4 is 29.4 Å². The first kappa shape index (κ1) is 20.5. The van der Waals surface area contributed by atoms with Crippen LogP contribution in [0.3, 0.4) is 0 Å². The van der Waals surface area contributed by atoms with Crippen LogP contribution in [0.5, 0.6) is 5.75 Å². The molecule has 2 aromatic rings. The molecule has 0 bridgehead atoms. The highest BCUT2D eigenvalue weighted by molar-refractivity contribution is 6.08. The number of amides is 5. The Morgan fingerprint density at radius 2 is 1.94 bits per heavy atom. The highest BCUT2D eigenvalue weighted by atomic mass is 16.5. The molecule has 1 unspecified atom stereocenters. The van der Waals surface area contributed by atoms with E-state index in [4.69, 9.17) is 4.74 Å². The molecule has 5 amide bonds. The molecule has 1 atom stereocenters. The summed E-state index contributed by atoms with van der Waals surface area (Å²) in [7, 11) is 1.52. The van der Waals surface area contributed by atoms with E-state index in [1.807, 2.05) is 11.0 Å². The lowest BCUT2D eigenvalue weighted by Crippen LogP contribution is -2.50. The molecule has 2 aromatic carbocycles. The summed E-state index contributed by atoms with van der Waals surface area (Å²) in [5.41, 5.74) is 2.57. The zero-order valence-electron chi connectivity index (χ0n) is 16.9. The molecule has 3 N–H and O–H groups in total. The molecule has 1 saturated heterocycles. The van der Waals surface area contributed by atoms with Crippen LogP contribution >= 0.6 is 0 Å². The van der Waals surface area contributed by atoms with Crippen LogP contribution in [-0.4, -0.2) is 41.8 Å². The molecule has 0 radical (unpaired) electrons. The summed E-state index contributed by atoms with van der Waals surface area (Å²) in [6.07, 6.45) is 0.740. The molecular formula is C22H22N4O5. The van der Waals surface area contributed by atoms with Crippen molar-refractivity contribution in [3.8, 4) is 5.75 Å². The van der Waals surface area contributed by atoms with E-state index in [9.17, 15) is 19.2 Å². The fourth-order valence-corrected chi connectivity index (χ4v) is 3.94. The zero-order chi connectivity index (χ0) is 22.0. The number of piperidine rings is 1. The Kier molecular flexibility index (Phi) is 5.68. The van der Waals surface area contributed by atoms with E-state index in [-0.39, 0.29) is 11.8 Å². The average molecular weight is 422 g/mol. The number of nitrogens with zero attached hydrogens (tertiary/aromatic N) is 1. The minimum Gasteiger partial charge on any atom is -0.497 e. The second-order valence-corrected chi connectivity index (χ2v) is 7.46. The number of fused-ring (bicyclic) bond motifs is 1. The quantitative estimate of drug-likeness (QED) is 0.647. The van der Waals surface area contributed by atoms with Crippen LogP contribution in [0.25, 0.3) is 0 Å². The van der Waals surface area contributed by atoms with Gasteiger partial charge in [-0.25, -0.2) is 4.79 Å². The van der Waals surface area contributed by atoms with Crippen molar-refractivity contribution in [2.75, 3.05) is 12.4 Å². The number of benzene rings is 2. The van der Waals surface area contributed by atoms with E-state index in [0.29, 0.717) is 42.9 Å². The molecule has 9 nitrogen and oxygen atoms in total. The largest absolute Gasteiger partial charge is 0.497 e. The lowest BCUT2D eigenvalue weighted by molar-refractivity contribution is -0.137. The van der Waals surface area contributed by atoms with Gasteiger partial charge in [-0.2, -0.15) is 0 Å². The number of nitrogens with one attached hydrogen (secondary N) is 3. The Bertz CT molecular complexity index is 1070. The van der Waals surface area contributed by atoms with E-state index < -0.39 is 18.0 Å². The molecule has 2 aliphatic rings. The SMILES string of the molecule is COc1cccc(NC(=O)NC(=O)c2cccc3c2CN(C2CCC(=O)NC2=O)C3)c1. The highest BCUT2D eigenvalue weighted by Gasteiger charge is 2.36. The fourth-order valence-electron chi connectivity index (χ4n) is 3.94. The molecule has 2 aliphatic heterocycles. The first-order chi connectivity index (χ1) is 14.9. The lowest BCUT2D eigenvalue weighted by atomic mass is 10.0. The van der Waals surface area contributed by atoms with Gasteiger partial charge in [0, 0.05) is 36.8 Å². The molecule has 0 aromatic heterocycles. The van der Waals surface area contributed by atoms with Gasteiger partial charge < -0.3 is 10.1 Å². The summed E-state index contributed by atoms with van der Waals surface area (Å²) in [5.74, 6) is -0.520. The van der Waals surface area contributed by atoms with Crippen LogP contribution in [0.1, 0.15) is 34.3 Å². The van der Waals surface area contributed by atoms with E-state index in [0.717, 1.165) is 11.1 Å². The van der Waals surface area contributed by atoms with Crippen molar-refractivity contribution in [3.63, 3.8) is 0 Å². The van der Waals surface area contributed by atoms with Gasteiger partial charge in [-0.3, -0.25) is 29.9 Å². The second-order valence-electron chi connectivity index (χ2n) is 7.46. The van der Waals surface area contributed by atoms with Gasteiger partial charge in [0.25, 0.3) is 5.91 Å². The highest BCUT2D eigenvalue weighted by Crippen LogP contribution is 2.29. The number of carbonyl (C=O) groups is 4. The number of imide groups is 2. The number of hydrogen-bond donors (Lipinski definition) is 3. The predicted molar refractivity (Wildman–Crippen MR) is 111 cm³/mol. The van der Waals surface area contributed by atoms with E-state index in [1.54, 1.807) is 36.4 Å². The number of hydrogen-bond acceptors (Lipinski definition) is 6. The zero-order valence-corrected chi connectivity index (χ0v) is 16.9. The Hall–Kier alpha value is -3.72. The first-order valence-corrected chi connectivity index (χ1v) is 9.89.